The quantitative estimate of drug-likeness (QED) is 0.685. The third-order valence-electron chi connectivity index (χ3n) is 2.75. The summed E-state index contributed by atoms with van der Waals surface area (Å²) in [4.78, 5) is 4.91. The van der Waals surface area contributed by atoms with Gasteiger partial charge in [0.15, 0.2) is 0 Å². The van der Waals surface area contributed by atoms with Crippen LogP contribution in [-0.2, 0) is 4.84 Å². The molecule has 3 nitrogen and oxygen atoms in total. The SMILES string of the molecule is CON=C(c1cccc(Cl)c1)c1ccc(O)c(C)c1. The zero-order chi connectivity index (χ0) is 13.8. The molecule has 0 atom stereocenters. The lowest BCUT2D eigenvalue weighted by Crippen LogP contribution is -2.04. The first kappa shape index (κ1) is 13.4. The van der Waals surface area contributed by atoms with Gasteiger partial charge in [-0.3, -0.25) is 0 Å². The van der Waals surface area contributed by atoms with Gasteiger partial charge in [0.1, 0.15) is 18.6 Å². The smallest absolute Gasteiger partial charge is 0.118 e. The van der Waals surface area contributed by atoms with E-state index in [1.165, 1.54) is 7.11 Å². The standard InChI is InChI=1S/C15H14ClNO2/c1-10-8-12(6-7-14(10)18)15(17-19-2)11-4-3-5-13(16)9-11/h3-9,18H,1-2H3. The van der Waals surface area contributed by atoms with Crippen molar-refractivity contribution in [2.24, 2.45) is 5.16 Å². The Hall–Kier alpha value is -2.00. The summed E-state index contributed by atoms with van der Waals surface area (Å²) in [5.41, 5.74) is 3.18. The zero-order valence-corrected chi connectivity index (χ0v) is 11.5. The minimum Gasteiger partial charge on any atom is -0.508 e. The molecule has 0 spiro atoms. The van der Waals surface area contributed by atoms with Crippen LogP contribution in [-0.4, -0.2) is 17.9 Å². The molecule has 0 aliphatic carbocycles. The molecule has 0 unspecified atom stereocenters. The largest absolute Gasteiger partial charge is 0.508 e. The molecule has 0 fully saturated rings. The van der Waals surface area contributed by atoms with Crippen LogP contribution in [0.3, 0.4) is 0 Å². The fourth-order valence-corrected chi connectivity index (χ4v) is 1.99. The monoisotopic (exact) mass is 275 g/mol. The van der Waals surface area contributed by atoms with Crippen LogP contribution in [0.25, 0.3) is 0 Å². The first-order valence-corrected chi connectivity index (χ1v) is 6.16. The Morgan fingerprint density at radius 1 is 1.16 bits per heavy atom. The number of nitrogens with zero attached hydrogens (tertiary/aromatic N) is 1. The van der Waals surface area contributed by atoms with Crippen molar-refractivity contribution in [1.82, 2.24) is 0 Å². The molecule has 0 saturated heterocycles. The van der Waals surface area contributed by atoms with E-state index in [1.807, 2.05) is 31.2 Å². The normalized spacial score (nSPS) is 11.4. The van der Waals surface area contributed by atoms with Gasteiger partial charge in [-0.1, -0.05) is 28.9 Å². The maximum absolute atomic E-state index is 9.58. The van der Waals surface area contributed by atoms with Crippen LogP contribution in [0.2, 0.25) is 5.02 Å². The predicted molar refractivity (Wildman–Crippen MR) is 76.9 cm³/mol. The van der Waals surface area contributed by atoms with Crippen LogP contribution >= 0.6 is 11.6 Å². The van der Waals surface area contributed by atoms with E-state index in [4.69, 9.17) is 16.4 Å². The van der Waals surface area contributed by atoms with Crippen LogP contribution < -0.4 is 0 Å². The molecular weight excluding hydrogens is 262 g/mol. The van der Waals surface area contributed by atoms with Gasteiger partial charge in [-0.05, 0) is 42.8 Å². The predicted octanol–water partition coefficient (Wildman–Crippen LogP) is 3.75. The maximum atomic E-state index is 9.58. The molecule has 4 heteroatoms. The summed E-state index contributed by atoms with van der Waals surface area (Å²) < 4.78 is 0. The van der Waals surface area contributed by atoms with Gasteiger partial charge < -0.3 is 9.94 Å². The highest BCUT2D eigenvalue weighted by Crippen LogP contribution is 2.21. The highest BCUT2D eigenvalue weighted by Gasteiger charge is 2.10. The van der Waals surface area contributed by atoms with Crippen molar-refractivity contribution >= 4 is 17.3 Å². The molecule has 0 aliphatic heterocycles. The molecule has 0 aromatic heterocycles. The molecule has 2 aromatic carbocycles. The minimum atomic E-state index is 0.256. The third-order valence-corrected chi connectivity index (χ3v) is 2.99. The molecular formula is C15H14ClNO2. The maximum Gasteiger partial charge on any atom is 0.118 e. The molecule has 19 heavy (non-hydrogen) atoms. The number of hydrogen-bond acceptors (Lipinski definition) is 3. The number of aryl methyl sites for hydroxylation is 1. The van der Waals surface area contributed by atoms with Gasteiger partial charge in [-0.25, -0.2) is 0 Å². The first-order chi connectivity index (χ1) is 9.11. The van der Waals surface area contributed by atoms with Crippen molar-refractivity contribution in [3.05, 3.63) is 64.2 Å². The van der Waals surface area contributed by atoms with E-state index in [9.17, 15) is 5.11 Å². The van der Waals surface area contributed by atoms with Gasteiger partial charge in [-0.2, -0.15) is 0 Å². The molecule has 0 heterocycles. The lowest BCUT2D eigenvalue weighted by atomic mass is 10.0. The molecule has 0 radical (unpaired) electrons. The summed E-state index contributed by atoms with van der Waals surface area (Å²) in [6.07, 6.45) is 0. The highest BCUT2D eigenvalue weighted by atomic mass is 35.5. The van der Waals surface area contributed by atoms with E-state index >= 15 is 0 Å². The average Bonchev–Trinajstić information content (AvgIpc) is 2.39. The Kier molecular flexibility index (Phi) is 4.07. The Morgan fingerprint density at radius 3 is 2.53 bits per heavy atom. The summed E-state index contributed by atoms with van der Waals surface area (Å²) in [7, 11) is 1.50. The van der Waals surface area contributed by atoms with Crippen LogP contribution in [0, 0.1) is 6.92 Å². The van der Waals surface area contributed by atoms with Gasteiger partial charge in [0.2, 0.25) is 0 Å². The molecule has 2 rings (SSSR count). The van der Waals surface area contributed by atoms with Crippen molar-refractivity contribution in [3.8, 4) is 5.75 Å². The summed E-state index contributed by atoms with van der Waals surface area (Å²) in [5, 5.41) is 14.3. The number of phenols is 1. The van der Waals surface area contributed by atoms with Crippen LogP contribution in [0.1, 0.15) is 16.7 Å². The molecule has 0 bridgehead atoms. The number of oxime groups is 1. The number of hydrogen-bond donors (Lipinski definition) is 1. The number of phenolic OH excluding ortho intramolecular Hbond substituents is 1. The number of rotatable bonds is 3. The second kappa shape index (κ2) is 5.76. The van der Waals surface area contributed by atoms with Crippen LogP contribution in [0.15, 0.2) is 47.6 Å². The van der Waals surface area contributed by atoms with Crippen LogP contribution in [0.5, 0.6) is 5.75 Å². The molecule has 2 aromatic rings. The van der Waals surface area contributed by atoms with Gasteiger partial charge in [0, 0.05) is 16.1 Å². The average molecular weight is 276 g/mol. The Morgan fingerprint density at radius 2 is 1.89 bits per heavy atom. The van der Waals surface area contributed by atoms with E-state index < -0.39 is 0 Å². The van der Waals surface area contributed by atoms with Gasteiger partial charge in [0.05, 0.1) is 0 Å². The Labute approximate surface area is 117 Å². The fourth-order valence-electron chi connectivity index (χ4n) is 1.80. The third kappa shape index (κ3) is 3.06. The molecule has 0 amide bonds. The zero-order valence-electron chi connectivity index (χ0n) is 10.7. The van der Waals surface area contributed by atoms with Crippen molar-refractivity contribution in [1.29, 1.82) is 0 Å². The second-order valence-corrected chi connectivity index (χ2v) is 4.57. The van der Waals surface area contributed by atoms with E-state index in [0.29, 0.717) is 10.7 Å². The van der Waals surface area contributed by atoms with E-state index in [-0.39, 0.29) is 5.75 Å². The van der Waals surface area contributed by atoms with Crippen molar-refractivity contribution in [3.63, 3.8) is 0 Å². The van der Waals surface area contributed by atoms with E-state index in [2.05, 4.69) is 5.16 Å². The highest BCUT2D eigenvalue weighted by molar-refractivity contribution is 6.31. The molecule has 1 N–H and O–H groups in total. The first-order valence-electron chi connectivity index (χ1n) is 5.79. The van der Waals surface area contributed by atoms with E-state index in [0.717, 1.165) is 16.7 Å². The lowest BCUT2D eigenvalue weighted by molar-refractivity contribution is 0.214. The molecule has 0 saturated carbocycles. The lowest BCUT2D eigenvalue weighted by Gasteiger charge is -2.08. The fraction of sp³-hybridized carbons (Fsp3) is 0.133. The summed E-state index contributed by atoms with van der Waals surface area (Å²) in [6.45, 7) is 1.83. The summed E-state index contributed by atoms with van der Waals surface area (Å²) >= 11 is 6.00. The minimum absolute atomic E-state index is 0.256. The molecule has 0 aliphatic rings. The number of benzene rings is 2. The Balaban J connectivity index is 2.52. The molecule has 98 valence electrons. The van der Waals surface area contributed by atoms with E-state index in [1.54, 1.807) is 18.2 Å². The van der Waals surface area contributed by atoms with Crippen molar-refractivity contribution < 1.29 is 9.94 Å². The topological polar surface area (TPSA) is 41.8 Å². The van der Waals surface area contributed by atoms with Crippen molar-refractivity contribution in [2.45, 2.75) is 6.92 Å². The summed E-state index contributed by atoms with van der Waals surface area (Å²) in [6, 6.07) is 12.7. The van der Waals surface area contributed by atoms with Crippen molar-refractivity contribution in [2.75, 3.05) is 7.11 Å². The second-order valence-electron chi connectivity index (χ2n) is 4.13. The summed E-state index contributed by atoms with van der Waals surface area (Å²) in [5.74, 6) is 0.256. The Bertz CT molecular complexity index is 623. The van der Waals surface area contributed by atoms with Crippen LogP contribution in [0.4, 0.5) is 0 Å². The van der Waals surface area contributed by atoms with Gasteiger partial charge >= 0.3 is 0 Å². The number of aromatic hydroxyl groups is 1. The number of halogens is 1. The van der Waals surface area contributed by atoms with Gasteiger partial charge in [-0.15, -0.1) is 0 Å². The van der Waals surface area contributed by atoms with Gasteiger partial charge in [0.25, 0.3) is 0 Å².